The highest BCUT2D eigenvalue weighted by Crippen LogP contribution is 2.29. The van der Waals surface area contributed by atoms with Crippen LogP contribution in [0, 0.1) is 0 Å². The molecule has 0 amide bonds. The first-order chi connectivity index (χ1) is 6.33. The highest BCUT2D eigenvalue weighted by Gasteiger charge is 2.20. The van der Waals surface area contributed by atoms with Crippen LogP contribution in [-0.2, 0) is 11.3 Å². The monoisotopic (exact) mass is 197 g/mol. The summed E-state index contributed by atoms with van der Waals surface area (Å²) in [5, 5.41) is 4.01. The molecule has 1 N–H and O–H groups in total. The number of hydrogen-bond acceptors (Lipinski definition) is 2. The maximum atomic E-state index is 6.06. The number of nitrogens with one attached hydrogen (secondary N) is 1. The summed E-state index contributed by atoms with van der Waals surface area (Å²) in [7, 11) is 1.93. The molecule has 1 aromatic rings. The molecule has 1 heterocycles. The van der Waals surface area contributed by atoms with Crippen molar-refractivity contribution < 1.29 is 4.74 Å². The van der Waals surface area contributed by atoms with Crippen LogP contribution >= 0.6 is 11.6 Å². The summed E-state index contributed by atoms with van der Waals surface area (Å²) in [5.74, 6) is 0. The molecule has 2 rings (SSSR count). The van der Waals surface area contributed by atoms with Crippen LogP contribution in [0.5, 0.6) is 0 Å². The Morgan fingerprint density at radius 3 is 3.15 bits per heavy atom. The molecular weight excluding hydrogens is 186 g/mol. The number of fused-ring (bicyclic) bond motifs is 1. The van der Waals surface area contributed by atoms with Gasteiger partial charge < -0.3 is 10.1 Å². The van der Waals surface area contributed by atoms with E-state index in [0.29, 0.717) is 6.61 Å². The van der Waals surface area contributed by atoms with Gasteiger partial charge in [0, 0.05) is 10.6 Å². The third-order valence-corrected chi connectivity index (χ3v) is 2.76. The van der Waals surface area contributed by atoms with E-state index in [1.54, 1.807) is 0 Å². The van der Waals surface area contributed by atoms with Crippen LogP contribution in [0.2, 0.25) is 5.02 Å². The van der Waals surface area contributed by atoms with Crippen LogP contribution in [0.15, 0.2) is 18.2 Å². The zero-order valence-electron chi connectivity index (χ0n) is 7.51. The maximum Gasteiger partial charge on any atom is 0.0735 e. The van der Waals surface area contributed by atoms with Crippen LogP contribution in [0.4, 0.5) is 0 Å². The molecule has 13 heavy (non-hydrogen) atoms. The number of hydrogen-bond donors (Lipinski definition) is 1. The Morgan fingerprint density at radius 2 is 2.38 bits per heavy atom. The quantitative estimate of drug-likeness (QED) is 0.745. The Hall–Kier alpha value is -0.570. The Bertz CT molecular complexity index is 314. The smallest absolute Gasteiger partial charge is 0.0735 e. The fraction of sp³-hybridized carbons (Fsp3) is 0.400. The first-order valence-electron chi connectivity index (χ1n) is 4.35. The van der Waals surface area contributed by atoms with E-state index in [4.69, 9.17) is 16.3 Å². The summed E-state index contributed by atoms with van der Waals surface area (Å²) >= 11 is 6.06. The largest absolute Gasteiger partial charge is 0.375 e. The fourth-order valence-corrected chi connectivity index (χ4v) is 1.90. The number of rotatable bonds is 1. The molecule has 1 aliphatic heterocycles. The van der Waals surface area contributed by atoms with Crippen molar-refractivity contribution in [2.75, 3.05) is 13.7 Å². The zero-order chi connectivity index (χ0) is 9.26. The first kappa shape index (κ1) is 9.00. The summed E-state index contributed by atoms with van der Waals surface area (Å²) < 4.78 is 5.43. The normalized spacial score (nSPS) is 21.2. The Kier molecular flexibility index (Phi) is 2.54. The van der Waals surface area contributed by atoms with Crippen LogP contribution in [0.3, 0.4) is 0 Å². The topological polar surface area (TPSA) is 21.3 Å². The third kappa shape index (κ3) is 1.57. The standard InChI is InChI=1S/C10H12ClNO/c1-12-10-6-13-5-8-7(10)3-2-4-9(8)11/h2-4,10,12H,5-6H2,1H3. The van der Waals surface area contributed by atoms with Crippen molar-refractivity contribution in [2.24, 2.45) is 0 Å². The zero-order valence-corrected chi connectivity index (χ0v) is 8.27. The van der Waals surface area contributed by atoms with Gasteiger partial charge in [-0.15, -0.1) is 0 Å². The van der Waals surface area contributed by atoms with E-state index in [1.807, 2.05) is 19.2 Å². The lowest BCUT2D eigenvalue weighted by Gasteiger charge is -2.25. The van der Waals surface area contributed by atoms with Crippen LogP contribution < -0.4 is 5.32 Å². The molecule has 0 saturated carbocycles. The lowest BCUT2D eigenvalue weighted by Crippen LogP contribution is -2.26. The summed E-state index contributed by atoms with van der Waals surface area (Å²) in [5.41, 5.74) is 2.39. The molecule has 0 aliphatic carbocycles. The van der Waals surface area contributed by atoms with Gasteiger partial charge in [-0.25, -0.2) is 0 Å². The first-order valence-corrected chi connectivity index (χ1v) is 4.73. The van der Waals surface area contributed by atoms with Crippen LogP contribution in [0.25, 0.3) is 0 Å². The highest BCUT2D eigenvalue weighted by atomic mass is 35.5. The van der Waals surface area contributed by atoms with Gasteiger partial charge in [-0.1, -0.05) is 23.7 Å². The van der Waals surface area contributed by atoms with E-state index in [0.717, 1.165) is 17.2 Å². The molecule has 3 heteroatoms. The lowest BCUT2D eigenvalue weighted by molar-refractivity contribution is 0.0845. The summed E-state index contributed by atoms with van der Waals surface area (Å²) in [6, 6.07) is 6.27. The summed E-state index contributed by atoms with van der Waals surface area (Å²) in [4.78, 5) is 0. The van der Waals surface area contributed by atoms with Crippen molar-refractivity contribution in [3.63, 3.8) is 0 Å². The van der Waals surface area contributed by atoms with E-state index in [-0.39, 0.29) is 6.04 Å². The Balaban J connectivity index is 2.45. The number of likely N-dealkylation sites (N-methyl/N-ethyl adjacent to an activating group) is 1. The maximum absolute atomic E-state index is 6.06. The van der Waals surface area contributed by atoms with E-state index >= 15 is 0 Å². The Morgan fingerprint density at radius 1 is 1.54 bits per heavy atom. The average Bonchev–Trinajstić information content (AvgIpc) is 2.18. The summed E-state index contributed by atoms with van der Waals surface area (Å²) in [6.45, 7) is 1.36. The Labute approximate surface area is 82.9 Å². The van der Waals surface area contributed by atoms with Crippen molar-refractivity contribution in [3.8, 4) is 0 Å². The molecule has 0 radical (unpaired) electrons. The van der Waals surface area contributed by atoms with Gasteiger partial charge in [-0.05, 0) is 18.7 Å². The van der Waals surface area contributed by atoms with E-state index in [9.17, 15) is 0 Å². The second-order valence-electron chi connectivity index (χ2n) is 3.16. The molecular formula is C10H12ClNO. The van der Waals surface area contributed by atoms with Crippen molar-refractivity contribution in [1.29, 1.82) is 0 Å². The van der Waals surface area contributed by atoms with Gasteiger partial charge in [0.2, 0.25) is 0 Å². The van der Waals surface area contributed by atoms with E-state index in [1.165, 1.54) is 5.56 Å². The average molecular weight is 198 g/mol. The molecule has 1 aromatic carbocycles. The molecule has 0 saturated heterocycles. The van der Waals surface area contributed by atoms with Gasteiger partial charge >= 0.3 is 0 Å². The molecule has 0 spiro atoms. The van der Waals surface area contributed by atoms with Gasteiger partial charge in [-0.3, -0.25) is 0 Å². The van der Waals surface area contributed by atoms with Crippen molar-refractivity contribution in [2.45, 2.75) is 12.6 Å². The predicted molar refractivity (Wildman–Crippen MR) is 52.9 cm³/mol. The highest BCUT2D eigenvalue weighted by molar-refractivity contribution is 6.31. The molecule has 1 atom stereocenters. The van der Waals surface area contributed by atoms with Gasteiger partial charge in [0.15, 0.2) is 0 Å². The number of halogens is 1. The van der Waals surface area contributed by atoms with Gasteiger partial charge in [0.25, 0.3) is 0 Å². The van der Waals surface area contributed by atoms with Gasteiger partial charge in [0.1, 0.15) is 0 Å². The molecule has 2 nitrogen and oxygen atoms in total. The summed E-state index contributed by atoms with van der Waals surface area (Å²) in [6.07, 6.45) is 0. The van der Waals surface area contributed by atoms with Gasteiger partial charge in [0.05, 0.1) is 19.3 Å². The number of ether oxygens (including phenoxy) is 1. The van der Waals surface area contributed by atoms with Crippen molar-refractivity contribution >= 4 is 11.6 Å². The van der Waals surface area contributed by atoms with Crippen LogP contribution in [-0.4, -0.2) is 13.7 Å². The molecule has 1 aliphatic rings. The fourth-order valence-electron chi connectivity index (χ4n) is 1.66. The second kappa shape index (κ2) is 3.66. The minimum absolute atomic E-state index is 0.280. The van der Waals surface area contributed by atoms with E-state index < -0.39 is 0 Å². The van der Waals surface area contributed by atoms with E-state index in [2.05, 4.69) is 11.4 Å². The third-order valence-electron chi connectivity index (χ3n) is 2.41. The molecule has 0 bridgehead atoms. The lowest BCUT2D eigenvalue weighted by atomic mass is 9.99. The SMILES string of the molecule is CNC1COCc2c(Cl)cccc21. The van der Waals surface area contributed by atoms with Gasteiger partial charge in [-0.2, -0.15) is 0 Å². The number of benzene rings is 1. The molecule has 0 fully saturated rings. The minimum Gasteiger partial charge on any atom is -0.375 e. The van der Waals surface area contributed by atoms with Crippen molar-refractivity contribution in [1.82, 2.24) is 5.32 Å². The molecule has 1 unspecified atom stereocenters. The molecule has 0 aromatic heterocycles. The van der Waals surface area contributed by atoms with Crippen LogP contribution in [0.1, 0.15) is 17.2 Å². The predicted octanol–water partition coefficient (Wildman–Crippen LogP) is 2.13. The second-order valence-corrected chi connectivity index (χ2v) is 3.57. The minimum atomic E-state index is 0.280. The van der Waals surface area contributed by atoms with Crippen molar-refractivity contribution in [3.05, 3.63) is 34.3 Å². The molecule has 70 valence electrons.